The van der Waals surface area contributed by atoms with Gasteiger partial charge in [-0.15, -0.1) is 0 Å². The molecule has 1 aliphatic rings. The van der Waals surface area contributed by atoms with E-state index in [4.69, 9.17) is 0 Å². The van der Waals surface area contributed by atoms with Crippen LogP contribution in [0.2, 0.25) is 0 Å². The lowest BCUT2D eigenvalue weighted by atomic mass is 9.99. The summed E-state index contributed by atoms with van der Waals surface area (Å²) in [6.07, 6.45) is 1.15. The van der Waals surface area contributed by atoms with E-state index in [1.54, 1.807) is 6.07 Å². The molecule has 1 aromatic heterocycles. The molecular formula is C14H19F3N2. The fraction of sp³-hybridized carbons (Fsp3) is 0.643. The molecule has 1 atom stereocenters. The van der Waals surface area contributed by atoms with Crippen molar-refractivity contribution < 1.29 is 13.2 Å². The molecule has 0 radical (unpaired) electrons. The molecule has 0 aromatic carbocycles. The molecule has 0 amide bonds. The van der Waals surface area contributed by atoms with Gasteiger partial charge in [0.05, 0.1) is 0 Å². The maximum Gasteiger partial charge on any atom is 0.433 e. The molecule has 2 rings (SSSR count). The number of halogens is 3. The molecule has 1 unspecified atom stereocenters. The lowest BCUT2D eigenvalue weighted by Crippen LogP contribution is -2.38. The van der Waals surface area contributed by atoms with Gasteiger partial charge in [0.25, 0.3) is 0 Å². The highest BCUT2D eigenvalue weighted by Crippen LogP contribution is 2.31. The summed E-state index contributed by atoms with van der Waals surface area (Å²) >= 11 is 0. The molecule has 2 heterocycles. The Bertz CT molecular complexity index is 417. The number of alkyl halides is 3. The zero-order valence-electron chi connectivity index (χ0n) is 11.1. The van der Waals surface area contributed by atoms with Crippen LogP contribution in [-0.4, -0.2) is 22.5 Å². The lowest BCUT2D eigenvalue weighted by Gasteiger charge is -2.35. The Labute approximate surface area is 111 Å². The van der Waals surface area contributed by atoms with Crippen LogP contribution in [0.5, 0.6) is 0 Å². The third kappa shape index (κ3) is 3.47. The second-order valence-corrected chi connectivity index (χ2v) is 5.04. The number of hydrogen-bond donors (Lipinski definition) is 0. The minimum atomic E-state index is -4.37. The highest BCUT2D eigenvalue weighted by molar-refractivity contribution is 5.22. The molecule has 106 valence electrons. The van der Waals surface area contributed by atoms with Crippen molar-refractivity contribution in [3.8, 4) is 0 Å². The molecule has 0 aliphatic carbocycles. The van der Waals surface area contributed by atoms with E-state index in [0.717, 1.165) is 25.8 Å². The smallest absolute Gasteiger partial charge is 0.296 e. The summed E-state index contributed by atoms with van der Waals surface area (Å²) in [7, 11) is 0. The fourth-order valence-electron chi connectivity index (χ4n) is 2.77. The van der Waals surface area contributed by atoms with Crippen molar-refractivity contribution in [2.45, 2.75) is 51.4 Å². The summed E-state index contributed by atoms with van der Waals surface area (Å²) < 4.78 is 38.7. The van der Waals surface area contributed by atoms with Gasteiger partial charge in [-0.3, -0.25) is 9.88 Å². The molecule has 1 saturated heterocycles. The quantitative estimate of drug-likeness (QED) is 0.830. The minimum absolute atomic E-state index is 0.287. The minimum Gasteiger partial charge on any atom is -0.296 e. The van der Waals surface area contributed by atoms with E-state index >= 15 is 0 Å². The highest BCUT2D eigenvalue weighted by atomic mass is 19.4. The first-order chi connectivity index (χ1) is 9.02. The van der Waals surface area contributed by atoms with Crippen LogP contribution in [0, 0.1) is 0 Å². The number of nitrogens with zero attached hydrogens (tertiary/aromatic N) is 2. The number of rotatable bonds is 3. The molecule has 2 nitrogen and oxygen atoms in total. The van der Waals surface area contributed by atoms with E-state index in [1.165, 1.54) is 18.7 Å². The number of piperidine rings is 1. The van der Waals surface area contributed by atoms with Crippen molar-refractivity contribution in [3.05, 3.63) is 29.6 Å². The first kappa shape index (κ1) is 14.3. The van der Waals surface area contributed by atoms with Crippen LogP contribution >= 0.6 is 0 Å². The fourth-order valence-corrected chi connectivity index (χ4v) is 2.77. The van der Waals surface area contributed by atoms with Crippen molar-refractivity contribution in [1.29, 1.82) is 0 Å². The molecule has 5 heteroatoms. The highest BCUT2D eigenvalue weighted by Gasteiger charge is 2.35. The van der Waals surface area contributed by atoms with Gasteiger partial charge in [0.15, 0.2) is 0 Å². The third-order valence-corrected chi connectivity index (χ3v) is 3.75. The van der Waals surface area contributed by atoms with Gasteiger partial charge in [-0.2, -0.15) is 13.2 Å². The van der Waals surface area contributed by atoms with Gasteiger partial charge in [-0.25, -0.2) is 0 Å². The summed E-state index contributed by atoms with van der Waals surface area (Å²) in [5.74, 6) is 0. The van der Waals surface area contributed by atoms with Crippen LogP contribution in [0.3, 0.4) is 0 Å². The lowest BCUT2D eigenvalue weighted by molar-refractivity contribution is -0.142. The van der Waals surface area contributed by atoms with Crippen molar-refractivity contribution in [1.82, 2.24) is 9.88 Å². The molecule has 0 saturated carbocycles. The van der Waals surface area contributed by atoms with Crippen LogP contribution < -0.4 is 0 Å². The first-order valence-corrected chi connectivity index (χ1v) is 6.77. The SMILES string of the molecule is CCC1CCCCN1Cc1cccnc1C(F)(F)F. The third-order valence-electron chi connectivity index (χ3n) is 3.75. The van der Waals surface area contributed by atoms with Gasteiger partial charge in [-0.1, -0.05) is 19.4 Å². The average Bonchev–Trinajstić information content (AvgIpc) is 2.39. The van der Waals surface area contributed by atoms with Crippen molar-refractivity contribution >= 4 is 0 Å². The monoisotopic (exact) mass is 272 g/mol. The van der Waals surface area contributed by atoms with Gasteiger partial charge in [-0.05, 0) is 37.4 Å². The number of pyridine rings is 1. The van der Waals surface area contributed by atoms with Crippen LogP contribution in [0.15, 0.2) is 18.3 Å². The van der Waals surface area contributed by atoms with Gasteiger partial charge < -0.3 is 0 Å². The van der Waals surface area contributed by atoms with Gasteiger partial charge >= 0.3 is 6.18 Å². The molecule has 0 bridgehead atoms. The maximum atomic E-state index is 12.9. The summed E-state index contributed by atoms with van der Waals surface area (Å²) in [5, 5.41) is 0. The van der Waals surface area contributed by atoms with Gasteiger partial charge in [0.1, 0.15) is 5.69 Å². The second-order valence-electron chi connectivity index (χ2n) is 5.04. The summed E-state index contributed by atoms with van der Waals surface area (Å²) in [5.41, 5.74) is -0.453. The van der Waals surface area contributed by atoms with E-state index < -0.39 is 11.9 Å². The van der Waals surface area contributed by atoms with Gasteiger partial charge in [0.2, 0.25) is 0 Å². The summed E-state index contributed by atoms with van der Waals surface area (Å²) in [6, 6.07) is 3.52. The molecule has 1 fully saturated rings. The zero-order valence-corrected chi connectivity index (χ0v) is 11.1. The summed E-state index contributed by atoms with van der Waals surface area (Å²) in [6.45, 7) is 3.32. The average molecular weight is 272 g/mol. The van der Waals surface area contributed by atoms with E-state index in [2.05, 4.69) is 16.8 Å². The topological polar surface area (TPSA) is 16.1 Å². The Morgan fingerprint density at radius 2 is 2.16 bits per heavy atom. The van der Waals surface area contributed by atoms with E-state index in [-0.39, 0.29) is 5.56 Å². The van der Waals surface area contributed by atoms with E-state index in [1.807, 2.05) is 0 Å². The Morgan fingerprint density at radius 1 is 1.37 bits per heavy atom. The predicted octanol–water partition coefficient (Wildman–Crippen LogP) is 3.86. The first-order valence-electron chi connectivity index (χ1n) is 6.77. The molecule has 1 aliphatic heterocycles. The number of hydrogen-bond acceptors (Lipinski definition) is 2. The zero-order chi connectivity index (χ0) is 13.9. The Balaban J connectivity index is 2.18. The van der Waals surface area contributed by atoms with Crippen LogP contribution in [0.4, 0.5) is 13.2 Å². The molecular weight excluding hydrogens is 253 g/mol. The number of aromatic nitrogens is 1. The standard InChI is InChI=1S/C14H19F3N2/c1-2-12-7-3-4-9-19(12)10-11-6-5-8-18-13(11)14(15,16)17/h5-6,8,12H,2-4,7,9-10H2,1H3. The number of likely N-dealkylation sites (tertiary alicyclic amines) is 1. The summed E-state index contributed by atoms with van der Waals surface area (Å²) in [4.78, 5) is 5.68. The van der Waals surface area contributed by atoms with Crippen LogP contribution in [-0.2, 0) is 12.7 Å². The predicted molar refractivity (Wildman–Crippen MR) is 67.6 cm³/mol. The molecule has 19 heavy (non-hydrogen) atoms. The Morgan fingerprint density at radius 3 is 2.84 bits per heavy atom. The van der Waals surface area contributed by atoms with Crippen LogP contribution in [0.1, 0.15) is 43.9 Å². The Hall–Kier alpha value is -1.10. The maximum absolute atomic E-state index is 12.9. The van der Waals surface area contributed by atoms with Gasteiger partial charge in [0, 0.05) is 18.8 Å². The van der Waals surface area contributed by atoms with Crippen molar-refractivity contribution in [2.75, 3.05) is 6.54 Å². The molecule has 0 spiro atoms. The van der Waals surface area contributed by atoms with E-state index in [9.17, 15) is 13.2 Å². The Kier molecular flexibility index (Phi) is 4.45. The molecule has 1 aromatic rings. The largest absolute Gasteiger partial charge is 0.433 e. The second kappa shape index (κ2) is 5.90. The molecule has 0 N–H and O–H groups in total. The van der Waals surface area contributed by atoms with E-state index in [0.29, 0.717) is 12.6 Å². The normalized spacial score (nSPS) is 21.6. The van der Waals surface area contributed by atoms with Crippen molar-refractivity contribution in [3.63, 3.8) is 0 Å². The van der Waals surface area contributed by atoms with Crippen LogP contribution in [0.25, 0.3) is 0 Å². The van der Waals surface area contributed by atoms with Crippen molar-refractivity contribution in [2.24, 2.45) is 0 Å².